The van der Waals surface area contributed by atoms with Crippen LogP contribution in [0.1, 0.15) is 11.5 Å². The third-order valence-corrected chi connectivity index (χ3v) is 0.796. The van der Waals surface area contributed by atoms with E-state index in [9.17, 15) is 0 Å². The third kappa shape index (κ3) is 2.02. The van der Waals surface area contributed by atoms with Crippen LogP contribution in [0.25, 0.3) is 0 Å². The summed E-state index contributed by atoms with van der Waals surface area (Å²) in [5, 5.41) is 0. The molecule has 0 amide bonds. The van der Waals surface area contributed by atoms with Crippen molar-refractivity contribution in [2.45, 2.75) is 6.92 Å². The molecule has 0 aliphatic heterocycles. The Labute approximate surface area is 74.3 Å². The van der Waals surface area contributed by atoms with Crippen LogP contribution in [0.4, 0.5) is 0 Å². The summed E-state index contributed by atoms with van der Waals surface area (Å²) in [6.45, 7) is 5.47. The van der Waals surface area contributed by atoms with Crippen molar-refractivity contribution < 1.29 is 37.1 Å². The smallest absolute Gasteiger partial charge is 0.0789 e. The van der Waals surface area contributed by atoms with Crippen LogP contribution in [0.15, 0.2) is 16.5 Å². The Morgan fingerprint density at radius 1 is 1.50 bits per heavy atom. The molecular weight excluding hydrogens is 177 g/mol. The standard InChI is InChI=1S/C6H7O.Y/c1-5-3-4-6(2)7-5;/h3-4H,1H2,2H3;/q-1;. The molecular formula is C6H7OY-. The van der Waals surface area contributed by atoms with E-state index < -0.39 is 0 Å². The van der Waals surface area contributed by atoms with E-state index in [4.69, 9.17) is 4.42 Å². The van der Waals surface area contributed by atoms with Crippen molar-refractivity contribution >= 4 is 0 Å². The molecule has 8 heavy (non-hydrogen) atoms. The molecule has 0 N–H and O–H groups in total. The van der Waals surface area contributed by atoms with Crippen molar-refractivity contribution in [3.63, 3.8) is 0 Å². The van der Waals surface area contributed by atoms with Gasteiger partial charge in [-0.25, -0.2) is 6.92 Å². The average molecular weight is 184 g/mol. The summed E-state index contributed by atoms with van der Waals surface area (Å²) in [7, 11) is 0. The van der Waals surface area contributed by atoms with E-state index in [-0.39, 0.29) is 32.7 Å². The van der Waals surface area contributed by atoms with Crippen molar-refractivity contribution in [2.75, 3.05) is 0 Å². The van der Waals surface area contributed by atoms with Gasteiger partial charge >= 0.3 is 0 Å². The second-order valence-corrected chi connectivity index (χ2v) is 1.51. The molecule has 0 aliphatic carbocycles. The van der Waals surface area contributed by atoms with Crippen LogP contribution in [-0.2, 0) is 32.7 Å². The Bertz CT molecular complexity index is 141. The Hall–Kier alpha value is 0.254. The largest absolute Gasteiger partial charge is 0.501 e. The fourth-order valence-electron chi connectivity index (χ4n) is 0.485. The minimum atomic E-state index is 0. The summed E-state index contributed by atoms with van der Waals surface area (Å²) in [6, 6.07) is 3.73. The predicted octanol–water partition coefficient (Wildman–Crippen LogP) is 1.77. The first kappa shape index (κ1) is 8.25. The van der Waals surface area contributed by atoms with Crippen molar-refractivity contribution in [3.05, 3.63) is 30.6 Å². The fourth-order valence-corrected chi connectivity index (χ4v) is 0.485. The van der Waals surface area contributed by atoms with Gasteiger partial charge in [-0.15, -0.1) is 6.07 Å². The van der Waals surface area contributed by atoms with E-state index >= 15 is 0 Å². The van der Waals surface area contributed by atoms with Gasteiger partial charge in [0, 0.05) is 32.7 Å². The monoisotopic (exact) mass is 184 g/mol. The van der Waals surface area contributed by atoms with E-state index in [0.717, 1.165) is 11.5 Å². The van der Waals surface area contributed by atoms with Gasteiger partial charge in [0.1, 0.15) is 0 Å². The molecule has 1 heterocycles. The molecule has 0 atom stereocenters. The molecule has 0 aromatic carbocycles. The second-order valence-electron chi connectivity index (χ2n) is 1.51. The van der Waals surface area contributed by atoms with Gasteiger partial charge in [-0.1, -0.05) is 0 Å². The van der Waals surface area contributed by atoms with Gasteiger partial charge in [0.25, 0.3) is 0 Å². The minimum absolute atomic E-state index is 0. The molecule has 1 nitrogen and oxygen atoms in total. The van der Waals surface area contributed by atoms with Crippen LogP contribution in [0.5, 0.6) is 0 Å². The third-order valence-electron chi connectivity index (χ3n) is 0.796. The summed E-state index contributed by atoms with van der Waals surface area (Å²) in [5.74, 6) is 1.66. The summed E-state index contributed by atoms with van der Waals surface area (Å²) in [4.78, 5) is 0. The Kier molecular flexibility index (Phi) is 3.42. The topological polar surface area (TPSA) is 13.1 Å². The average Bonchev–Trinajstić information content (AvgIpc) is 1.87. The summed E-state index contributed by atoms with van der Waals surface area (Å²) in [5.41, 5.74) is 0. The van der Waals surface area contributed by atoms with Crippen molar-refractivity contribution in [2.24, 2.45) is 0 Å². The van der Waals surface area contributed by atoms with Crippen molar-refractivity contribution in [1.29, 1.82) is 0 Å². The molecule has 0 aliphatic rings. The number of rotatable bonds is 0. The molecule has 1 rings (SSSR count). The Balaban J connectivity index is 0.000000490. The van der Waals surface area contributed by atoms with E-state index in [1.54, 1.807) is 0 Å². The number of hydrogen-bond acceptors (Lipinski definition) is 1. The fraction of sp³-hybridized carbons (Fsp3) is 0.167. The molecule has 0 saturated carbocycles. The molecule has 0 unspecified atom stereocenters. The van der Waals surface area contributed by atoms with Crippen LogP contribution in [0, 0.1) is 13.8 Å². The molecule has 41 valence electrons. The maximum atomic E-state index is 4.97. The molecule has 1 aromatic heterocycles. The molecule has 1 aromatic rings. The van der Waals surface area contributed by atoms with Crippen LogP contribution in [-0.4, -0.2) is 0 Å². The van der Waals surface area contributed by atoms with Crippen LogP contribution >= 0.6 is 0 Å². The minimum Gasteiger partial charge on any atom is -0.501 e. The summed E-state index contributed by atoms with van der Waals surface area (Å²) >= 11 is 0. The van der Waals surface area contributed by atoms with Gasteiger partial charge in [0.05, 0.1) is 5.76 Å². The normalized spacial score (nSPS) is 8.12. The van der Waals surface area contributed by atoms with Crippen LogP contribution in [0.2, 0.25) is 0 Å². The van der Waals surface area contributed by atoms with Crippen molar-refractivity contribution in [3.8, 4) is 0 Å². The second kappa shape index (κ2) is 3.31. The molecule has 0 fully saturated rings. The van der Waals surface area contributed by atoms with Gasteiger partial charge in [0.15, 0.2) is 0 Å². The molecule has 0 spiro atoms. The Morgan fingerprint density at radius 3 is 2.25 bits per heavy atom. The van der Waals surface area contributed by atoms with E-state index in [1.807, 2.05) is 19.1 Å². The summed E-state index contributed by atoms with van der Waals surface area (Å²) in [6.07, 6.45) is 0. The zero-order valence-electron chi connectivity index (χ0n) is 4.85. The Morgan fingerprint density at radius 2 is 2.12 bits per heavy atom. The molecule has 2 heteroatoms. The van der Waals surface area contributed by atoms with Crippen molar-refractivity contribution in [1.82, 2.24) is 0 Å². The van der Waals surface area contributed by atoms with Gasteiger partial charge < -0.3 is 4.42 Å². The number of hydrogen-bond donors (Lipinski definition) is 0. The zero-order chi connectivity index (χ0) is 5.28. The number of aryl methyl sites for hydroxylation is 1. The number of furan rings is 1. The predicted molar refractivity (Wildman–Crippen MR) is 27.9 cm³/mol. The maximum absolute atomic E-state index is 4.97. The van der Waals surface area contributed by atoms with Gasteiger partial charge in [-0.3, -0.25) is 0 Å². The van der Waals surface area contributed by atoms with Gasteiger partial charge in [0.2, 0.25) is 0 Å². The first-order valence-corrected chi connectivity index (χ1v) is 2.17. The SMILES string of the molecule is [CH2-]c1ccc(C)o1.[Y]. The van der Waals surface area contributed by atoms with Gasteiger partial charge in [-0.2, -0.15) is 6.07 Å². The van der Waals surface area contributed by atoms with Crippen LogP contribution < -0.4 is 0 Å². The van der Waals surface area contributed by atoms with Gasteiger partial charge in [-0.05, 0) is 12.7 Å². The van der Waals surface area contributed by atoms with E-state index in [2.05, 4.69) is 6.92 Å². The van der Waals surface area contributed by atoms with Crippen LogP contribution in [0.3, 0.4) is 0 Å². The zero-order valence-corrected chi connectivity index (χ0v) is 7.69. The molecule has 0 bridgehead atoms. The first-order chi connectivity index (χ1) is 3.29. The first-order valence-electron chi connectivity index (χ1n) is 2.17. The molecule has 0 saturated heterocycles. The quantitative estimate of drug-likeness (QED) is 0.560. The van der Waals surface area contributed by atoms with E-state index in [0.29, 0.717) is 0 Å². The molecule has 1 radical (unpaired) electrons. The summed E-state index contributed by atoms with van der Waals surface area (Å²) < 4.78 is 4.97. The van der Waals surface area contributed by atoms with E-state index in [1.165, 1.54) is 0 Å². The maximum Gasteiger partial charge on any atom is 0.0789 e.